The Kier molecular flexibility index (Phi) is 40.0. The summed E-state index contributed by atoms with van der Waals surface area (Å²) in [6.07, 6.45) is 46.4. The number of aliphatic carboxylic acids is 1. The Bertz CT molecular complexity index is 1000. The number of unbranched alkanes of at least 4 members (excludes halogenated alkanes) is 26. The van der Waals surface area contributed by atoms with E-state index < -0.39 is 18.1 Å². The highest BCUT2D eigenvalue weighted by Crippen LogP contribution is 2.16. The first kappa shape index (κ1) is 55.8. The minimum Gasteiger partial charge on any atom is -0.477 e. The number of carboxylic acid groups (broad SMARTS) is 1. The number of rotatable bonds is 44. The molecule has 0 fully saturated rings. The van der Waals surface area contributed by atoms with Crippen LogP contribution in [0, 0.1) is 0 Å². The number of hydrogen-bond acceptors (Lipinski definition) is 6. The van der Waals surface area contributed by atoms with E-state index in [0.717, 1.165) is 51.4 Å². The van der Waals surface area contributed by atoms with Crippen molar-refractivity contribution in [1.82, 2.24) is 0 Å². The number of carboxylic acids is 1. The fourth-order valence-corrected chi connectivity index (χ4v) is 7.30. The van der Waals surface area contributed by atoms with Crippen molar-refractivity contribution in [2.75, 3.05) is 41.0 Å². The summed E-state index contributed by atoms with van der Waals surface area (Å²) in [6, 6.07) is -0.613. The van der Waals surface area contributed by atoms with Gasteiger partial charge in [-0.15, -0.1) is 0 Å². The molecule has 2 unspecified atom stereocenters. The largest absolute Gasteiger partial charge is 0.477 e. The summed E-state index contributed by atoms with van der Waals surface area (Å²) in [5, 5.41) is 9.64. The van der Waals surface area contributed by atoms with E-state index in [4.69, 9.17) is 14.2 Å². The molecule has 0 spiro atoms. The molecule has 1 N–H and O–H groups in total. The minimum atomic E-state index is -0.873. The molecule has 0 saturated carbocycles. The zero-order valence-corrected chi connectivity index (χ0v) is 38.8. The van der Waals surface area contributed by atoms with Crippen molar-refractivity contribution in [3.8, 4) is 0 Å². The molecule has 0 aromatic rings. The van der Waals surface area contributed by atoms with Crippen LogP contribution in [0.15, 0.2) is 24.3 Å². The summed E-state index contributed by atoms with van der Waals surface area (Å²) < 4.78 is 17.3. The Hall–Kier alpha value is -2.19. The van der Waals surface area contributed by atoms with Crippen molar-refractivity contribution < 1.29 is 38.2 Å². The van der Waals surface area contributed by atoms with Gasteiger partial charge in [-0.3, -0.25) is 9.59 Å². The molecule has 0 aliphatic carbocycles. The number of carbonyl (C=O) groups excluding carboxylic acids is 2. The summed E-state index contributed by atoms with van der Waals surface area (Å²) >= 11 is 0. The average Bonchev–Trinajstić information content (AvgIpc) is 3.18. The van der Waals surface area contributed by atoms with E-state index in [2.05, 4.69) is 38.2 Å². The fourth-order valence-electron chi connectivity index (χ4n) is 7.30. The lowest BCUT2D eigenvalue weighted by Crippen LogP contribution is -2.50. The predicted molar refractivity (Wildman–Crippen MR) is 243 cm³/mol. The van der Waals surface area contributed by atoms with Crippen LogP contribution in [0.1, 0.15) is 226 Å². The lowest BCUT2D eigenvalue weighted by atomic mass is 10.0. The van der Waals surface area contributed by atoms with E-state index in [0.29, 0.717) is 19.3 Å². The molecule has 0 aromatic heterocycles. The lowest BCUT2D eigenvalue weighted by molar-refractivity contribution is -0.887. The van der Waals surface area contributed by atoms with Crippen molar-refractivity contribution in [1.29, 1.82) is 0 Å². The molecule has 2 atom stereocenters. The number of likely N-dealkylation sites (N-methyl/N-ethyl adjacent to an activating group) is 1. The smallest absolute Gasteiger partial charge is 0.362 e. The van der Waals surface area contributed by atoms with Crippen LogP contribution in [-0.2, 0) is 28.6 Å². The molecule has 0 rings (SSSR count). The maximum atomic E-state index is 12.8. The van der Waals surface area contributed by atoms with Gasteiger partial charge in [0.1, 0.15) is 6.61 Å². The van der Waals surface area contributed by atoms with Gasteiger partial charge in [0.05, 0.1) is 34.4 Å². The van der Waals surface area contributed by atoms with Crippen molar-refractivity contribution in [3.05, 3.63) is 24.3 Å². The second kappa shape index (κ2) is 41.5. The third-order valence-electron chi connectivity index (χ3n) is 11.1. The Morgan fingerprint density at radius 1 is 0.517 bits per heavy atom. The van der Waals surface area contributed by atoms with E-state index in [-0.39, 0.29) is 36.2 Å². The summed E-state index contributed by atoms with van der Waals surface area (Å²) in [5.41, 5.74) is 0. The number of esters is 2. The average molecular weight is 821 g/mol. The minimum absolute atomic E-state index is 0.0506. The monoisotopic (exact) mass is 821 g/mol. The van der Waals surface area contributed by atoms with E-state index in [1.807, 2.05) is 21.1 Å². The molecule has 0 bridgehead atoms. The standard InChI is InChI=1S/C50H93NO7/c1-6-8-10-12-14-16-18-20-22-24-26-28-30-32-34-36-38-40-48(52)57-45-46(44-56-43-42-47(50(54)55)51(3,4)5)58-49(53)41-39-37-35-33-31-29-27-25-23-21-19-17-15-13-11-9-7-2/h14,16,20,22,46-47H,6-13,15,17-19,21,23-45H2,1-5H3/p+1/b16-14+,22-20+. The quantitative estimate of drug-likeness (QED) is 0.0283. The Balaban J connectivity index is 4.27. The fraction of sp³-hybridized carbons (Fsp3) is 0.860. The molecule has 0 saturated heterocycles. The van der Waals surface area contributed by atoms with E-state index in [9.17, 15) is 19.5 Å². The number of ether oxygens (including phenoxy) is 3. The Morgan fingerprint density at radius 3 is 1.36 bits per heavy atom. The Labute approximate surface area is 358 Å². The van der Waals surface area contributed by atoms with Gasteiger partial charge in [0.15, 0.2) is 12.1 Å². The molecule has 0 aliphatic rings. The van der Waals surface area contributed by atoms with Gasteiger partial charge < -0.3 is 23.8 Å². The third kappa shape index (κ3) is 39.3. The molecule has 8 heteroatoms. The van der Waals surface area contributed by atoms with Crippen LogP contribution in [0.25, 0.3) is 0 Å². The Morgan fingerprint density at radius 2 is 0.914 bits per heavy atom. The van der Waals surface area contributed by atoms with Crippen LogP contribution in [0.2, 0.25) is 0 Å². The van der Waals surface area contributed by atoms with Crippen LogP contribution in [-0.4, -0.2) is 80.6 Å². The normalized spacial score (nSPS) is 13.1. The van der Waals surface area contributed by atoms with E-state index in [1.54, 1.807) is 0 Å². The molecular formula is C50H94NO7+. The van der Waals surface area contributed by atoms with Crippen molar-refractivity contribution in [3.63, 3.8) is 0 Å². The molecule has 0 heterocycles. The van der Waals surface area contributed by atoms with Crippen LogP contribution in [0.5, 0.6) is 0 Å². The van der Waals surface area contributed by atoms with Gasteiger partial charge in [0, 0.05) is 19.3 Å². The highest BCUT2D eigenvalue weighted by Gasteiger charge is 2.31. The number of nitrogens with zero attached hydrogens (tertiary/aromatic N) is 1. The van der Waals surface area contributed by atoms with Crippen molar-refractivity contribution in [2.45, 2.75) is 238 Å². The lowest BCUT2D eigenvalue weighted by Gasteiger charge is -2.31. The highest BCUT2D eigenvalue weighted by atomic mass is 16.6. The predicted octanol–water partition coefficient (Wildman–Crippen LogP) is 13.6. The molecule has 58 heavy (non-hydrogen) atoms. The second-order valence-electron chi connectivity index (χ2n) is 17.7. The molecule has 0 aliphatic heterocycles. The van der Waals surface area contributed by atoms with Crippen molar-refractivity contribution >= 4 is 17.9 Å². The van der Waals surface area contributed by atoms with Crippen LogP contribution in [0.4, 0.5) is 0 Å². The van der Waals surface area contributed by atoms with E-state index >= 15 is 0 Å². The van der Waals surface area contributed by atoms with Gasteiger partial charge in [0.2, 0.25) is 0 Å². The second-order valence-corrected chi connectivity index (χ2v) is 17.7. The third-order valence-corrected chi connectivity index (χ3v) is 11.1. The van der Waals surface area contributed by atoms with Gasteiger partial charge in [-0.05, 0) is 44.9 Å². The molecule has 0 radical (unpaired) electrons. The van der Waals surface area contributed by atoms with Crippen molar-refractivity contribution in [2.24, 2.45) is 0 Å². The van der Waals surface area contributed by atoms with E-state index in [1.165, 1.54) is 141 Å². The van der Waals surface area contributed by atoms with Gasteiger partial charge in [-0.25, -0.2) is 4.79 Å². The molecule has 0 amide bonds. The molecule has 8 nitrogen and oxygen atoms in total. The molecule has 340 valence electrons. The van der Waals surface area contributed by atoms with Gasteiger partial charge in [-0.1, -0.05) is 186 Å². The first-order valence-electron chi connectivity index (χ1n) is 24.4. The summed E-state index contributed by atoms with van der Waals surface area (Å²) in [7, 11) is 5.54. The molecule has 0 aromatic carbocycles. The molecular weight excluding hydrogens is 727 g/mol. The topological polar surface area (TPSA) is 99.1 Å². The first-order valence-corrected chi connectivity index (χ1v) is 24.4. The maximum Gasteiger partial charge on any atom is 0.362 e. The maximum absolute atomic E-state index is 12.8. The zero-order valence-electron chi connectivity index (χ0n) is 38.8. The zero-order chi connectivity index (χ0) is 42.8. The number of quaternary nitrogens is 1. The van der Waals surface area contributed by atoms with Crippen LogP contribution < -0.4 is 0 Å². The summed E-state index contributed by atoms with van der Waals surface area (Å²) in [4.78, 5) is 37.1. The first-order chi connectivity index (χ1) is 28.1. The summed E-state index contributed by atoms with van der Waals surface area (Å²) in [6.45, 7) is 4.74. The number of carbonyl (C=O) groups is 3. The SMILES string of the molecule is CCCCC/C=C/C/C=C/CCCCCCCCCC(=O)OCC(COCCC(C(=O)O)[N+](C)(C)C)OC(=O)CCCCCCCCCCCCCCCCCCC. The number of allylic oxidation sites excluding steroid dienone is 4. The highest BCUT2D eigenvalue weighted by molar-refractivity contribution is 5.72. The summed E-state index contributed by atoms with van der Waals surface area (Å²) in [5.74, 6) is -1.46. The van der Waals surface area contributed by atoms with Gasteiger partial charge >= 0.3 is 17.9 Å². The van der Waals surface area contributed by atoms with Crippen LogP contribution in [0.3, 0.4) is 0 Å². The van der Waals surface area contributed by atoms with Crippen LogP contribution >= 0.6 is 0 Å². The van der Waals surface area contributed by atoms with Gasteiger partial charge in [-0.2, -0.15) is 0 Å². The van der Waals surface area contributed by atoms with Gasteiger partial charge in [0.25, 0.3) is 0 Å². The number of hydrogen-bond donors (Lipinski definition) is 1.